The lowest BCUT2D eigenvalue weighted by molar-refractivity contribution is -0.872. The van der Waals surface area contributed by atoms with Crippen LogP contribution in [0.25, 0.3) is 0 Å². The Kier molecular flexibility index (Phi) is 22.2. The topological polar surface area (TPSA) is 125 Å². The highest BCUT2D eigenvalue weighted by Gasteiger charge is 2.30. The molecule has 0 aliphatic rings. The molecule has 0 aromatic heterocycles. The molecule has 222 valence electrons. The van der Waals surface area contributed by atoms with E-state index in [1.54, 1.807) is 0 Å². The number of hydrogen-bond acceptors (Lipinski definition) is 8. The minimum atomic E-state index is -4.83. The Morgan fingerprint density at radius 2 is 1.27 bits per heavy atom. The van der Waals surface area contributed by atoms with E-state index in [9.17, 15) is 14.3 Å². The van der Waals surface area contributed by atoms with E-state index in [0.717, 1.165) is 19.3 Å². The first-order chi connectivity index (χ1) is 17.5. The standard InChI is InChI=1S/C27H56NO8P/c1-5-6-7-8-9-10-11-12-13-14-15-16-17-18-19-20-21-26(30)27(22-28(2,3)4)36-37(32,33)34-24-25(23-29)35-31/h25,27,29H,5-24H2,1-4H3,(H-,31,32,33)/t25-,27?/m1/s1. The second-order valence-corrected chi connectivity index (χ2v) is 12.6. The zero-order valence-electron chi connectivity index (χ0n) is 24.0. The lowest BCUT2D eigenvalue weighted by Crippen LogP contribution is -2.45. The van der Waals surface area contributed by atoms with Crippen LogP contribution in [0.15, 0.2) is 0 Å². The molecule has 10 heteroatoms. The summed E-state index contributed by atoms with van der Waals surface area (Å²) in [5.41, 5.74) is 0. The van der Waals surface area contributed by atoms with Crippen LogP contribution in [0.2, 0.25) is 0 Å². The summed E-state index contributed by atoms with van der Waals surface area (Å²) >= 11 is 0. The largest absolute Gasteiger partial charge is 0.756 e. The molecule has 0 radical (unpaired) electrons. The molecular formula is C27H56NO8P. The molecule has 0 aromatic carbocycles. The van der Waals surface area contributed by atoms with E-state index in [-0.39, 0.29) is 18.7 Å². The fourth-order valence-electron chi connectivity index (χ4n) is 4.18. The van der Waals surface area contributed by atoms with Crippen LogP contribution >= 0.6 is 7.82 Å². The lowest BCUT2D eigenvalue weighted by atomic mass is 10.0. The van der Waals surface area contributed by atoms with Crippen molar-refractivity contribution >= 4 is 13.6 Å². The number of Topliss-reactive ketones (excluding diaryl/α,β-unsaturated/α-hetero) is 1. The van der Waals surface area contributed by atoms with Crippen LogP contribution in [0.5, 0.6) is 0 Å². The average Bonchev–Trinajstić information content (AvgIpc) is 2.82. The van der Waals surface area contributed by atoms with E-state index in [4.69, 9.17) is 14.9 Å². The second kappa shape index (κ2) is 22.4. The molecule has 0 bridgehead atoms. The van der Waals surface area contributed by atoms with Crippen LogP contribution in [0.3, 0.4) is 0 Å². The number of quaternary nitrogens is 1. The van der Waals surface area contributed by atoms with Crippen LogP contribution in [-0.2, 0) is 23.3 Å². The number of likely N-dealkylation sites (N-methyl/N-ethyl adjacent to an activating group) is 1. The van der Waals surface area contributed by atoms with Gasteiger partial charge in [0.2, 0.25) is 0 Å². The maximum atomic E-state index is 12.7. The molecule has 3 atom stereocenters. The van der Waals surface area contributed by atoms with E-state index in [1.807, 2.05) is 21.1 Å². The fraction of sp³-hybridized carbons (Fsp3) is 0.963. The zero-order valence-corrected chi connectivity index (χ0v) is 24.9. The number of aliphatic hydroxyl groups is 1. The number of aliphatic hydroxyl groups excluding tert-OH is 1. The Morgan fingerprint density at radius 1 is 0.838 bits per heavy atom. The summed E-state index contributed by atoms with van der Waals surface area (Å²) in [7, 11) is 0.703. The van der Waals surface area contributed by atoms with Crippen LogP contribution in [0, 0.1) is 0 Å². The summed E-state index contributed by atoms with van der Waals surface area (Å²) in [5.74, 6) is -0.268. The first kappa shape index (κ1) is 36.6. The van der Waals surface area contributed by atoms with Crippen molar-refractivity contribution in [1.29, 1.82) is 0 Å². The Morgan fingerprint density at radius 3 is 1.65 bits per heavy atom. The fourth-order valence-corrected chi connectivity index (χ4v) is 5.08. The van der Waals surface area contributed by atoms with Crippen molar-refractivity contribution in [2.45, 2.75) is 128 Å². The monoisotopic (exact) mass is 553 g/mol. The maximum absolute atomic E-state index is 12.7. The van der Waals surface area contributed by atoms with Gasteiger partial charge in [-0.3, -0.25) is 14.6 Å². The number of ketones is 1. The predicted octanol–water partition coefficient (Wildman–Crippen LogP) is 5.63. The molecular weight excluding hydrogens is 497 g/mol. The molecule has 0 amide bonds. The molecule has 2 unspecified atom stereocenters. The van der Waals surface area contributed by atoms with Crippen molar-refractivity contribution < 1.29 is 43.0 Å². The number of unbranched alkanes of at least 4 members (excludes halogenated alkanes) is 15. The highest BCUT2D eigenvalue weighted by atomic mass is 31.2. The molecule has 0 aromatic rings. The van der Waals surface area contributed by atoms with E-state index in [1.165, 1.54) is 77.0 Å². The highest BCUT2D eigenvalue weighted by molar-refractivity contribution is 7.45. The summed E-state index contributed by atoms with van der Waals surface area (Å²) in [4.78, 5) is 28.8. The maximum Gasteiger partial charge on any atom is 0.268 e. The van der Waals surface area contributed by atoms with Gasteiger partial charge in [0.05, 0.1) is 34.4 Å². The smallest absolute Gasteiger partial charge is 0.268 e. The number of rotatable bonds is 27. The van der Waals surface area contributed by atoms with E-state index < -0.39 is 33.2 Å². The van der Waals surface area contributed by atoms with Gasteiger partial charge in [-0.2, -0.15) is 0 Å². The van der Waals surface area contributed by atoms with Crippen molar-refractivity contribution in [2.75, 3.05) is 40.9 Å². The summed E-state index contributed by atoms with van der Waals surface area (Å²) in [5, 5.41) is 17.5. The summed E-state index contributed by atoms with van der Waals surface area (Å²) in [6, 6.07) is 0. The Labute approximate surface area is 226 Å². The molecule has 0 fully saturated rings. The van der Waals surface area contributed by atoms with Crippen LogP contribution in [0.1, 0.15) is 116 Å². The third-order valence-electron chi connectivity index (χ3n) is 6.38. The van der Waals surface area contributed by atoms with Gasteiger partial charge in [-0.05, 0) is 6.42 Å². The minimum Gasteiger partial charge on any atom is -0.756 e. The van der Waals surface area contributed by atoms with Gasteiger partial charge in [-0.25, -0.2) is 4.89 Å². The molecule has 0 spiro atoms. The number of carbonyl (C=O) groups excluding carboxylic acids is 1. The predicted molar refractivity (Wildman–Crippen MR) is 145 cm³/mol. The van der Waals surface area contributed by atoms with E-state index >= 15 is 0 Å². The van der Waals surface area contributed by atoms with Crippen LogP contribution in [-0.4, -0.2) is 73.7 Å². The second-order valence-electron chi connectivity index (χ2n) is 11.2. The van der Waals surface area contributed by atoms with Gasteiger partial charge in [0.25, 0.3) is 7.82 Å². The number of phosphoric acid groups is 1. The molecule has 0 saturated carbocycles. The van der Waals surface area contributed by atoms with Gasteiger partial charge in [0, 0.05) is 6.42 Å². The Bertz CT molecular complexity index is 595. The zero-order chi connectivity index (χ0) is 28.0. The lowest BCUT2D eigenvalue weighted by Gasteiger charge is -2.32. The summed E-state index contributed by atoms with van der Waals surface area (Å²) in [6.45, 7) is 1.19. The number of hydrogen-bond donors (Lipinski definition) is 2. The number of carbonyl (C=O) groups is 1. The van der Waals surface area contributed by atoms with Gasteiger partial charge in [0.15, 0.2) is 11.9 Å². The van der Waals surface area contributed by atoms with Crippen molar-refractivity contribution in [3.8, 4) is 0 Å². The molecule has 0 heterocycles. The quantitative estimate of drug-likeness (QED) is 0.0440. The molecule has 0 aliphatic heterocycles. The van der Waals surface area contributed by atoms with Gasteiger partial charge in [0.1, 0.15) is 12.6 Å². The highest BCUT2D eigenvalue weighted by Crippen LogP contribution is 2.40. The van der Waals surface area contributed by atoms with Crippen molar-refractivity contribution in [3.05, 3.63) is 0 Å². The third-order valence-corrected chi connectivity index (χ3v) is 7.35. The van der Waals surface area contributed by atoms with Crippen LogP contribution < -0.4 is 4.89 Å². The Hall–Kier alpha value is -0.380. The first-order valence-electron chi connectivity index (χ1n) is 14.4. The van der Waals surface area contributed by atoms with Crippen molar-refractivity contribution in [3.63, 3.8) is 0 Å². The molecule has 0 saturated heterocycles. The van der Waals surface area contributed by atoms with E-state index in [0.29, 0.717) is 10.9 Å². The van der Waals surface area contributed by atoms with Gasteiger partial charge in [-0.1, -0.05) is 103 Å². The van der Waals surface area contributed by atoms with Crippen LogP contribution in [0.4, 0.5) is 0 Å². The number of phosphoric ester groups is 1. The first-order valence-corrected chi connectivity index (χ1v) is 15.9. The van der Waals surface area contributed by atoms with Gasteiger partial charge in [-0.15, -0.1) is 0 Å². The summed E-state index contributed by atoms with van der Waals surface area (Å²) in [6.07, 6.45) is 17.8. The van der Waals surface area contributed by atoms with Gasteiger partial charge < -0.3 is 23.5 Å². The molecule has 9 nitrogen and oxygen atoms in total. The molecule has 2 N–H and O–H groups in total. The van der Waals surface area contributed by atoms with Crippen molar-refractivity contribution in [1.82, 2.24) is 0 Å². The molecule has 0 rings (SSSR count). The Balaban J connectivity index is 4.06. The minimum absolute atomic E-state index is 0.174. The van der Waals surface area contributed by atoms with E-state index in [2.05, 4.69) is 16.3 Å². The van der Waals surface area contributed by atoms with Gasteiger partial charge >= 0.3 is 0 Å². The molecule has 37 heavy (non-hydrogen) atoms. The summed E-state index contributed by atoms with van der Waals surface area (Å²) < 4.78 is 22.3. The number of nitrogens with zero attached hydrogens (tertiary/aromatic N) is 1. The molecule has 0 aliphatic carbocycles. The SMILES string of the molecule is CCCCCCCCCCCCCCCCCCC(=O)C(C[N+](C)(C)C)OP(=O)([O-])OC[C@@H](CO)OO. The third kappa shape index (κ3) is 23.2. The van der Waals surface area contributed by atoms with Crippen molar-refractivity contribution in [2.24, 2.45) is 0 Å². The average molecular weight is 554 g/mol. The normalized spacial score (nSPS) is 15.4.